The predicted octanol–water partition coefficient (Wildman–Crippen LogP) is 5.95. The first-order valence-electron chi connectivity index (χ1n) is 20.1. The van der Waals surface area contributed by atoms with Gasteiger partial charge in [-0.3, -0.25) is 9.59 Å². The molecule has 4 amide bonds. The minimum atomic E-state index is -0.679. The molecule has 0 spiro atoms. The van der Waals surface area contributed by atoms with Gasteiger partial charge in [0.1, 0.15) is 23.7 Å². The summed E-state index contributed by atoms with van der Waals surface area (Å²) in [6.45, 7) is 7.66. The highest BCUT2D eigenvalue weighted by Gasteiger charge is 2.57. The van der Waals surface area contributed by atoms with Crippen molar-refractivity contribution in [3.05, 3.63) is 83.7 Å². The highest BCUT2D eigenvalue weighted by Crippen LogP contribution is 2.54. The van der Waals surface area contributed by atoms with Crippen molar-refractivity contribution in [3.63, 3.8) is 0 Å². The van der Waals surface area contributed by atoms with E-state index in [0.29, 0.717) is 11.8 Å². The lowest BCUT2D eigenvalue weighted by molar-refractivity contribution is -0.137. The Bertz CT molecular complexity index is 2100. The molecule has 4 fully saturated rings. The van der Waals surface area contributed by atoms with E-state index < -0.39 is 24.3 Å². The number of H-pyrrole nitrogens is 2. The monoisotopic (exact) mass is 786 g/mol. The van der Waals surface area contributed by atoms with Crippen LogP contribution in [0.5, 0.6) is 0 Å². The topological polar surface area (TPSA) is 175 Å². The van der Waals surface area contributed by atoms with Gasteiger partial charge in [-0.1, -0.05) is 63.8 Å². The number of hydrogen-bond acceptors (Lipinski definition) is 8. The number of ether oxygens (including phenoxy) is 2. The Labute approximate surface area is 337 Å². The zero-order valence-corrected chi connectivity index (χ0v) is 33.6. The zero-order valence-electron chi connectivity index (χ0n) is 33.6. The summed E-state index contributed by atoms with van der Waals surface area (Å²) in [5.74, 6) is 8.49. The first-order chi connectivity index (χ1) is 27.9. The normalized spacial score (nSPS) is 23.7. The molecule has 4 aliphatic rings. The van der Waals surface area contributed by atoms with Crippen LogP contribution in [0.4, 0.5) is 9.59 Å². The molecule has 2 saturated heterocycles. The van der Waals surface area contributed by atoms with E-state index in [-0.39, 0.29) is 47.8 Å². The van der Waals surface area contributed by atoms with Gasteiger partial charge in [-0.15, -0.1) is 0 Å². The number of carbonyl (C=O) groups is 4. The van der Waals surface area contributed by atoms with Crippen molar-refractivity contribution in [2.75, 3.05) is 14.2 Å². The molecule has 4 heterocycles. The summed E-state index contributed by atoms with van der Waals surface area (Å²) >= 11 is 0. The Morgan fingerprint density at radius 2 is 1.02 bits per heavy atom. The number of alkyl carbamates (subject to hydrolysis) is 2. The maximum absolute atomic E-state index is 13.7. The van der Waals surface area contributed by atoms with Crippen molar-refractivity contribution >= 4 is 24.0 Å². The summed E-state index contributed by atoms with van der Waals surface area (Å²) in [5.41, 5.74) is 5.36. The summed E-state index contributed by atoms with van der Waals surface area (Å²) in [4.78, 5) is 71.7. The number of nitrogens with one attached hydrogen (secondary N) is 4. The first kappa shape index (κ1) is 38.8. The summed E-state index contributed by atoms with van der Waals surface area (Å²) in [5, 5.41) is 5.45. The van der Waals surface area contributed by atoms with E-state index in [1.807, 2.05) is 86.0 Å². The molecule has 0 bridgehead atoms. The molecule has 14 heteroatoms. The van der Waals surface area contributed by atoms with Crippen LogP contribution in [-0.2, 0) is 19.1 Å². The van der Waals surface area contributed by atoms with Gasteiger partial charge in [0.05, 0.1) is 50.1 Å². The smallest absolute Gasteiger partial charge is 0.407 e. The number of piperidine rings is 2. The highest BCUT2D eigenvalue weighted by atomic mass is 16.5. The molecule has 2 aliphatic carbocycles. The second kappa shape index (κ2) is 15.7. The highest BCUT2D eigenvalue weighted by molar-refractivity contribution is 5.88. The fourth-order valence-corrected chi connectivity index (χ4v) is 8.67. The predicted molar refractivity (Wildman–Crippen MR) is 215 cm³/mol. The maximum Gasteiger partial charge on any atom is 0.407 e. The van der Waals surface area contributed by atoms with Gasteiger partial charge >= 0.3 is 12.2 Å². The number of imidazole rings is 2. The van der Waals surface area contributed by atoms with Gasteiger partial charge in [0.2, 0.25) is 11.8 Å². The van der Waals surface area contributed by atoms with E-state index in [2.05, 4.69) is 32.4 Å². The van der Waals surface area contributed by atoms with E-state index in [1.54, 1.807) is 12.4 Å². The number of carbonyl (C=O) groups excluding carboxylic acids is 4. The minimum absolute atomic E-state index is 0.0994. The van der Waals surface area contributed by atoms with Crippen LogP contribution in [0.1, 0.15) is 88.2 Å². The van der Waals surface area contributed by atoms with E-state index in [9.17, 15) is 19.2 Å². The van der Waals surface area contributed by atoms with Gasteiger partial charge in [-0.05, 0) is 84.7 Å². The van der Waals surface area contributed by atoms with Crippen molar-refractivity contribution in [1.29, 1.82) is 0 Å². The van der Waals surface area contributed by atoms with E-state index >= 15 is 0 Å². The molecule has 2 aromatic carbocycles. The van der Waals surface area contributed by atoms with Crippen molar-refractivity contribution in [3.8, 4) is 34.4 Å². The van der Waals surface area contributed by atoms with Gasteiger partial charge in [-0.2, -0.15) is 0 Å². The summed E-state index contributed by atoms with van der Waals surface area (Å²) < 4.78 is 9.57. The molecule has 58 heavy (non-hydrogen) atoms. The average Bonchev–Trinajstić information content (AvgIpc) is 3.81. The number of fused-ring (bicyclic) bond motifs is 2. The Balaban J connectivity index is 0.903. The molecule has 2 aliphatic heterocycles. The number of aromatic nitrogens is 4. The molecule has 3 unspecified atom stereocenters. The van der Waals surface area contributed by atoms with Gasteiger partial charge < -0.3 is 39.9 Å². The molecule has 8 atom stereocenters. The lowest BCUT2D eigenvalue weighted by atomic mass is 10.0. The lowest BCUT2D eigenvalue weighted by Gasteiger charge is -2.31. The Kier molecular flexibility index (Phi) is 10.5. The average molecular weight is 787 g/mol. The zero-order chi connectivity index (χ0) is 40.8. The molecule has 4 N–H and O–H groups in total. The fourth-order valence-electron chi connectivity index (χ4n) is 8.67. The molecule has 8 rings (SSSR count). The lowest BCUT2D eigenvalue weighted by Crippen LogP contribution is -2.52. The molecule has 302 valence electrons. The Hall–Kier alpha value is -6.10. The number of hydrogen-bond donors (Lipinski definition) is 4. The van der Waals surface area contributed by atoms with Gasteiger partial charge in [-0.25, -0.2) is 19.6 Å². The second-order valence-electron chi connectivity index (χ2n) is 16.6. The van der Waals surface area contributed by atoms with Crippen LogP contribution in [0.25, 0.3) is 22.5 Å². The number of aromatic amines is 2. The van der Waals surface area contributed by atoms with E-state index in [4.69, 9.17) is 19.4 Å². The molecule has 14 nitrogen and oxygen atoms in total. The third-order valence-electron chi connectivity index (χ3n) is 12.1. The molecular formula is C44H50N8O6. The van der Waals surface area contributed by atoms with Crippen molar-refractivity contribution in [2.45, 2.75) is 89.6 Å². The largest absolute Gasteiger partial charge is 0.453 e. The van der Waals surface area contributed by atoms with Crippen LogP contribution >= 0.6 is 0 Å². The first-order valence-corrected chi connectivity index (χ1v) is 20.1. The number of amides is 4. The van der Waals surface area contributed by atoms with E-state index in [0.717, 1.165) is 71.0 Å². The van der Waals surface area contributed by atoms with Crippen LogP contribution in [-0.4, -0.2) is 92.1 Å². The third kappa shape index (κ3) is 7.65. The van der Waals surface area contributed by atoms with Crippen LogP contribution in [0, 0.1) is 35.5 Å². The molecular weight excluding hydrogens is 737 g/mol. The number of likely N-dealkylation sites (tertiary alicyclic amines) is 2. The van der Waals surface area contributed by atoms with Gasteiger partial charge in [0, 0.05) is 23.2 Å². The summed E-state index contributed by atoms with van der Waals surface area (Å²) in [6.07, 6.45) is 6.00. The minimum Gasteiger partial charge on any atom is -0.453 e. The van der Waals surface area contributed by atoms with Crippen LogP contribution in [0.3, 0.4) is 0 Å². The Morgan fingerprint density at radius 3 is 1.36 bits per heavy atom. The molecule has 4 aromatic rings. The standard InChI is InChI=1S/C44H50N8O6/c1-23(2)37(49-43(55)57-5)41(53)51-33-17-29(33)19-35(51)39-45-21-31(47-39)27-13-9-25(10-14-27)7-8-26-11-15-28(16-12-26)32-22-46-40(48-32)36-20-30-18-34(30)52(36)42(54)38(24(3)4)50-44(56)58-6/h9-16,21-24,29-30,33-38H,17-20H2,1-6H3,(H,45,47)(H,46,48)(H,49,55)(H,50,56)/t29-,30-,33?,34?,35+,36+,37+,38?/m1/s1. The SMILES string of the molecule is COC(=O)NC(C(=O)N1C2C[C@@H]2C[C@H]1c1ncc(-c2ccc(C#Cc3ccc(-c4cnc([C@@H]5C[C@H]6CC6N5C(=O)[C@@H](NC(=O)OC)C(C)C)[nH]4)cc3)cc2)[nH]1)C(C)C. The molecule has 2 saturated carbocycles. The van der Waals surface area contributed by atoms with Crippen molar-refractivity contribution in [1.82, 2.24) is 40.4 Å². The van der Waals surface area contributed by atoms with E-state index in [1.165, 1.54) is 14.2 Å². The summed E-state index contributed by atoms with van der Waals surface area (Å²) in [7, 11) is 2.59. The quantitative estimate of drug-likeness (QED) is 0.143. The summed E-state index contributed by atoms with van der Waals surface area (Å²) in [6, 6.07) is 14.5. The number of methoxy groups -OCH3 is 2. The third-order valence-corrected chi connectivity index (χ3v) is 12.1. The van der Waals surface area contributed by atoms with Crippen molar-refractivity contribution < 1.29 is 28.7 Å². The van der Waals surface area contributed by atoms with Crippen LogP contribution in [0.2, 0.25) is 0 Å². The molecule has 0 radical (unpaired) electrons. The Morgan fingerprint density at radius 1 is 0.638 bits per heavy atom. The second-order valence-corrected chi connectivity index (χ2v) is 16.6. The maximum atomic E-state index is 13.7. The van der Waals surface area contributed by atoms with Crippen LogP contribution in [0.15, 0.2) is 60.9 Å². The molecule has 2 aromatic heterocycles. The number of nitrogens with zero attached hydrogens (tertiary/aromatic N) is 4. The van der Waals surface area contributed by atoms with Crippen molar-refractivity contribution in [2.24, 2.45) is 23.7 Å². The fraction of sp³-hybridized carbons (Fsp3) is 0.455. The number of benzene rings is 2. The van der Waals surface area contributed by atoms with Crippen LogP contribution < -0.4 is 10.6 Å². The van der Waals surface area contributed by atoms with Gasteiger partial charge in [0.15, 0.2) is 0 Å². The van der Waals surface area contributed by atoms with Gasteiger partial charge in [0.25, 0.3) is 0 Å². The number of rotatable bonds is 10.